The highest BCUT2D eigenvalue weighted by Gasteiger charge is 2.17. The third-order valence-corrected chi connectivity index (χ3v) is 2.35. The topological polar surface area (TPSA) is 72.5 Å². The van der Waals surface area contributed by atoms with Crippen molar-refractivity contribution in [3.63, 3.8) is 0 Å². The molecular weight excluding hydrogens is 242 g/mol. The van der Waals surface area contributed by atoms with Crippen LogP contribution in [0.15, 0.2) is 11.5 Å². The number of sulfone groups is 1. The lowest BCUT2D eigenvalue weighted by Crippen LogP contribution is -2.38. The zero-order valence-electron chi connectivity index (χ0n) is 11.0. The van der Waals surface area contributed by atoms with Crippen molar-refractivity contribution in [1.29, 1.82) is 0 Å². The first-order valence-corrected chi connectivity index (χ1v) is 7.36. The maximum atomic E-state index is 11.4. The van der Waals surface area contributed by atoms with Gasteiger partial charge in [0.15, 0.2) is 9.84 Å². The molecular formula is C11H21NO4S. The first-order valence-electron chi connectivity index (χ1n) is 5.41. The maximum Gasteiger partial charge on any atom is 0.408 e. The zero-order valence-corrected chi connectivity index (χ0v) is 11.8. The van der Waals surface area contributed by atoms with Crippen molar-refractivity contribution in [1.82, 2.24) is 5.32 Å². The van der Waals surface area contributed by atoms with E-state index in [1.807, 2.05) is 6.92 Å². The van der Waals surface area contributed by atoms with Crippen molar-refractivity contribution >= 4 is 15.9 Å². The minimum absolute atomic E-state index is 0.348. The number of hydrogen-bond acceptors (Lipinski definition) is 4. The smallest absolute Gasteiger partial charge is 0.408 e. The Balaban J connectivity index is 4.43. The molecule has 0 aliphatic heterocycles. The Morgan fingerprint density at radius 2 is 1.94 bits per heavy atom. The molecule has 0 aromatic heterocycles. The number of amides is 1. The van der Waals surface area contributed by atoms with Crippen molar-refractivity contribution in [2.75, 3.05) is 6.26 Å². The van der Waals surface area contributed by atoms with Crippen molar-refractivity contribution in [3.05, 3.63) is 11.5 Å². The van der Waals surface area contributed by atoms with E-state index in [1.165, 1.54) is 6.08 Å². The molecule has 0 saturated carbocycles. The van der Waals surface area contributed by atoms with Crippen LogP contribution in [0.1, 0.15) is 34.1 Å². The Kier molecular flexibility index (Phi) is 5.68. The third kappa shape index (κ3) is 9.86. The van der Waals surface area contributed by atoms with Crippen LogP contribution in [-0.4, -0.2) is 32.4 Å². The molecule has 5 nitrogen and oxygen atoms in total. The van der Waals surface area contributed by atoms with E-state index in [-0.39, 0.29) is 6.04 Å². The molecule has 6 heteroatoms. The van der Waals surface area contributed by atoms with Gasteiger partial charge in [0.05, 0.1) is 6.04 Å². The fraction of sp³-hybridized carbons (Fsp3) is 0.727. The second kappa shape index (κ2) is 6.05. The van der Waals surface area contributed by atoms with Crippen LogP contribution in [0.4, 0.5) is 4.79 Å². The lowest BCUT2D eigenvalue weighted by molar-refractivity contribution is 0.0513. The summed E-state index contributed by atoms with van der Waals surface area (Å²) in [6, 6.07) is -0.348. The number of rotatable bonds is 4. The lowest BCUT2D eigenvalue weighted by atomic mass is 10.2. The lowest BCUT2D eigenvalue weighted by Gasteiger charge is -2.21. The van der Waals surface area contributed by atoms with Gasteiger partial charge in [-0.1, -0.05) is 13.0 Å². The number of alkyl carbamates (subject to hydrolysis) is 1. The predicted molar refractivity (Wildman–Crippen MR) is 67.4 cm³/mol. The first-order chi connectivity index (χ1) is 7.53. The summed E-state index contributed by atoms with van der Waals surface area (Å²) in [4.78, 5) is 11.4. The van der Waals surface area contributed by atoms with E-state index >= 15 is 0 Å². The van der Waals surface area contributed by atoms with Crippen LogP contribution in [0.2, 0.25) is 0 Å². The standard InChI is InChI=1S/C11H21NO4S/c1-6-9(7-8-17(5,14)15)12-10(13)16-11(2,3)4/h7-9H,6H2,1-5H3,(H,12,13)/b8-7+/t9-/m0/s1. The zero-order chi connectivity index (χ0) is 13.7. The van der Waals surface area contributed by atoms with Crippen molar-refractivity contribution in [2.24, 2.45) is 0 Å². The Morgan fingerprint density at radius 1 is 1.41 bits per heavy atom. The molecule has 100 valence electrons. The Bertz CT molecular complexity index is 379. The monoisotopic (exact) mass is 263 g/mol. The van der Waals surface area contributed by atoms with Gasteiger partial charge in [-0.15, -0.1) is 0 Å². The average Bonchev–Trinajstić information content (AvgIpc) is 2.07. The minimum atomic E-state index is -3.17. The summed E-state index contributed by atoms with van der Waals surface area (Å²) in [5, 5.41) is 3.67. The highest BCUT2D eigenvalue weighted by molar-refractivity contribution is 7.93. The van der Waals surface area contributed by atoms with Crippen LogP contribution < -0.4 is 5.32 Å². The summed E-state index contributed by atoms with van der Waals surface area (Å²) in [7, 11) is -3.17. The van der Waals surface area contributed by atoms with Gasteiger partial charge < -0.3 is 10.1 Å². The van der Waals surface area contributed by atoms with E-state index in [2.05, 4.69) is 5.32 Å². The maximum absolute atomic E-state index is 11.4. The van der Waals surface area contributed by atoms with Crippen LogP contribution in [0, 0.1) is 0 Å². The van der Waals surface area contributed by atoms with Crippen molar-refractivity contribution < 1.29 is 17.9 Å². The molecule has 0 unspecified atom stereocenters. The van der Waals surface area contributed by atoms with Gasteiger partial charge in [-0.25, -0.2) is 13.2 Å². The summed E-state index contributed by atoms with van der Waals surface area (Å²) in [6.45, 7) is 7.13. The van der Waals surface area contributed by atoms with E-state index in [9.17, 15) is 13.2 Å². The van der Waals surface area contributed by atoms with Gasteiger partial charge in [0, 0.05) is 11.7 Å². The predicted octanol–water partition coefficient (Wildman–Crippen LogP) is 1.85. The molecule has 0 bridgehead atoms. The fourth-order valence-corrected chi connectivity index (χ4v) is 1.46. The number of nitrogens with one attached hydrogen (secondary N) is 1. The largest absolute Gasteiger partial charge is 0.444 e. The second-order valence-corrected chi connectivity index (χ2v) is 6.75. The van der Waals surface area contributed by atoms with Crippen molar-refractivity contribution in [2.45, 2.75) is 45.8 Å². The first kappa shape index (κ1) is 16.0. The molecule has 0 aliphatic carbocycles. The number of carbonyl (C=O) groups is 1. The van der Waals surface area contributed by atoms with Crippen LogP contribution in [0.3, 0.4) is 0 Å². The molecule has 0 spiro atoms. The molecule has 0 fully saturated rings. The molecule has 0 aliphatic rings. The van der Waals surface area contributed by atoms with E-state index in [4.69, 9.17) is 4.74 Å². The number of ether oxygens (including phenoxy) is 1. The van der Waals surface area contributed by atoms with E-state index < -0.39 is 21.5 Å². The quantitative estimate of drug-likeness (QED) is 0.840. The van der Waals surface area contributed by atoms with E-state index in [1.54, 1.807) is 20.8 Å². The van der Waals surface area contributed by atoms with Gasteiger partial charge in [0.1, 0.15) is 5.60 Å². The molecule has 0 saturated heterocycles. The van der Waals surface area contributed by atoms with Crippen molar-refractivity contribution in [3.8, 4) is 0 Å². The van der Waals surface area contributed by atoms with Gasteiger partial charge in [0.25, 0.3) is 0 Å². The summed E-state index contributed by atoms with van der Waals surface area (Å²) < 4.78 is 26.9. The normalized spacial score (nSPS) is 14.6. The summed E-state index contributed by atoms with van der Waals surface area (Å²) in [5.74, 6) is 0. The molecule has 0 aromatic rings. The van der Waals surface area contributed by atoms with Gasteiger partial charge in [0.2, 0.25) is 0 Å². The van der Waals surface area contributed by atoms with Gasteiger partial charge >= 0.3 is 6.09 Å². The summed E-state index contributed by atoms with van der Waals surface area (Å²) in [6.07, 6.45) is 2.58. The van der Waals surface area contributed by atoms with E-state index in [0.717, 1.165) is 11.7 Å². The summed E-state index contributed by atoms with van der Waals surface area (Å²) >= 11 is 0. The van der Waals surface area contributed by atoms with Gasteiger partial charge in [-0.3, -0.25) is 0 Å². The molecule has 1 N–H and O–H groups in total. The number of carbonyl (C=O) groups excluding carboxylic acids is 1. The molecule has 0 radical (unpaired) electrons. The molecule has 0 rings (SSSR count). The molecule has 0 heterocycles. The summed E-state index contributed by atoms with van der Waals surface area (Å²) in [5.41, 5.74) is -0.567. The van der Waals surface area contributed by atoms with Crippen LogP contribution in [0.25, 0.3) is 0 Å². The molecule has 1 atom stereocenters. The minimum Gasteiger partial charge on any atom is -0.444 e. The van der Waals surface area contributed by atoms with Crippen LogP contribution >= 0.6 is 0 Å². The highest BCUT2D eigenvalue weighted by atomic mass is 32.2. The molecule has 0 aromatic carbocycles. The SMILES string of the molecule is CC[C@@H](/C=C/S(C)(=O)=O)NC(=O)OC(C)(C)C. The highest BCUT2D eigenvalue weighted by Crippen LogP contribution is 2.07. The van der Waals surface area contributed by atoms with Gasteiger partial charge in [-0.2, -0.15) is 0 Å². The third-order valence-electron chi connectivity index (χ3n) is 1.70. The number of hydrogen-bond donors (Lipinski definition) is 1. The molecule has 17 heavy (non-hydrogen) atoms. The average molecular weight is 263 g/mol. The van der Waals surface area contributed by atoms with Crippen LogP contribution in [-0.2, 0) is 14.6 Å². The molecule has 1 amide bonds. The fourth-order valence-electron chi connectivity index (χ4n) is 0.983. The Hall–Kier alpha value is -1.04. The van der Waals surface area contributed by atoms with Gasteiger partial charge in [-0.05, 0) is 27.2 Å². The van der Waals surface area contributed by atoms with Crippen LogP contribution in [0.5, 0.6) is 0 Å². The Labute approximate surface area is 103 Å². The van der Waals surface area contributed by atoms with E-state index in [0.29, 0.717) is 6.42 Å². The second-order valence-electron chi connectivity index (χ2n) is 4.82. The Morgan fingerprint density at radius 3 is 2.29 bits per heavy atom.